The Bertz CT molecular complexity index is 1230. The fourth-order valence-corrected chi connectivity index (χ4v) is 4.18. The van der Waals surface area contributed by atoms with Crippen molar-refractivity contribution in [2.45, 2.75) is 12.6 Å². The number of hydrogen-bond donors (Lipinski definition) is 0. The van der Waals surface area contributed by atoms with Gasteiger partial charge in [0.25, 0.3) is 5.91 Å². The van der Waals surface area contributed by atoms with Gasteiger partial charge in [0.15, 0.2) is 22.4 Å². The summed E-state index contributed by atoms with van der Waals surface area (Å²) in [5, 5.41) is 0.207. The van der Waals surface area contributed by atoms with Crippen molar-refractivity contribution in [2.24, 2.45) is 0 Å². The molecule has 0 saturated heterocycles. The van der Waals surface area contributed by atoms with Crippen LogP contribution in [-0.2, 0) is 11.3 Å². The van der Waals surface area contributed by atoms with Gasteiger partial charge < -0.3 is 13.9 Å². The summed E-state index contributed by atoms with van der Waals surface area (Å²) < 4.78 is 44.9. The second-order valence-electron chi connectivity index (χ2n) is 6.60. The molecular weight excluding hydrogens is 414 g/mol. The van der Waals surface area contributed by atoms with Crippen LogP contribution >= 0.6 is 11.3 Å². The van der Waals surface area contributed by atoms with E-state index in [1.165, 1.54) is 17.2 Å². The van der Waals surface area contributed by atoms with Crippen LogP contribution < -0.4 is 14.4 Å². The highest BCUT2D eigenvalue weighted by molar-refractivity contribution is 7.22. The van der Waals surface area contributed by atoms with Crippen LogP contribution in [0.25, 0.3) is 10.2 Å². The van der Waals surface area contributed by atoms with Crippen molar-refractivity contribution in [3.8, 4) is 11.5 Å². The number of fused-ring (bicyclic) bond motifs is 2. The molecule has 3 heterocycles. The van der Waals surface area contributed by atoms with E-state index in [0.29, 0.717) is 22.0 Å². The van der Waals surface area contributed by atoms with E-state index in [2.05, 4.69) is 4.98 Å². The first-order chi connectivity index (χ1) is 14.6. The Labute approximate surface area is 173 Å². The van der Waals surface area contributed by atoms with E-state index in [9.17, 15) is 13.6 Å². The summed E-state index contributed by atoms with van der Waals surface area (Å²) in [7, 11) is 0. The lowest BCUT2D eigenvalue weighted by Crippen LogP contribution is -2.46. The Morgan fingerprint density at radius 3 is 2.80 bits per heavy atom. The largest absolute Gasteiger partial charge is 0.485 e. The fourth-order valence-electron chi connectivity index (χ4n) is 3.17. The van der Waals surface area contributed by atoms with Crippen molar-refractivity contribution in [1.29, 1.82) is 0 Å². The Morgan fingerprint density at radius 1 is 1.17 bits per heavy atom. The number of halogens is 2. The van der Waals surface area contributed by atoms with Gasteiger partial charge in [-0.3, -0.25) is 9.69 Å². The number of nitrogens with zero attached hydrogens (tertiary/aromatic N) is 2. The van der Waals surface area contributed by atoms with Gasteiger partial charge >= 0.3 is 0 Å². The lowest BCUT2D eigenvalue weighted by atomic mass is 10.2. The van der Waals surface area contributed by atoms with Crippen molar-refractivity contribution in [3.63, 3.8) is 0 Å². The van der Waals surface area contributed by atoms with Gasteiger partial charge in [0.2, 0.25) is 6.10 Å². The fraction of sp³-hybridized carbons (Fsp3) is 0.143. The number of furan rings is 1. The summed E-state index contributed by atoms with van der Waals surface area (Å²) in [6.45, 7) is 0.0651. The molecular formula is C21H14F2N2O4S. The van der Waals surface area contributed by atoms with Gasteiger partial charge in [-0.15, -0.1) is 0 Å². The summed E-state index contributed by atoms with van der Waals surface area (Å²) in [5.74, 6) is -0.412. The maximum absolute atomic E-state index is 14.2. The molecule has 0 aliphatic carbocycles. The van der Waals surface area contributed by atoms with E-state index in [1.54, 1.807) is 30.3 Å². The summed E-state index contributed by atoms with van der Waals surface area (Å²) in [5.41, 5.74) is -0.000182. The van der Waals surface area contributed by atoms with E-state index in [1.807, 2.05) is 6.07 Å². The van der Waals surface area contributed by atoms with Crippen molar-refractivity contribution in [2.75, 3.05) is 11.5 Å². The molecule has 4 aromatic rings. The maximum atomic E-state index is 14.2. The third-order valence-corrected chi connectivity index (χ3v) is 5.60. The first kappa shape index (κ1) is 18.6. The number of ether oxygens (including phenoxy) is 2. The molecule has 1 amide bonds. The Balaban J connectivity index is 1.51. The lowest BCUT2D eigenvalue weighted by Gasteiger charge is -2.29. The van der Waals surface area contributed by atoms with E-state index in [0.717, 1.165) is 17.4 Å². The summed E-state index contributed by atoms with van der Waals surface area (Å²) >= 11 is 1.01. The molecule has 0 radical (unpaired) electrons. The van der Waals surface area contributed by atoms with Gasteiger partial charge in [-0.1, -0.05) is 23.5 Å². The average molecular weight is 428 g/mol. The van der Waals surface area contributed by atoms with Crippen LogP contribution in [0.1, 0.15) is 5.76 Å². The minimum atomic E-state index is -0.927. The highest BCUT2D eigenvalue weighted by Gasteiger charge is 2.34. The number of hydrogen-bond acceptors (Lipinski definition) is 6. The molecule has 1 unspecified atom stereocenters. The topological polar surface area (TPSA) is 64.8 Å². The zero-order valence-corrected chi connectivity index (χ0v) is 16.2. The number of amides is 1. The second-order valence-corrected chi connectivity index (χ2v) is 7.61. The van der Waals surface area contributed by atoms with Crippen molar-refractivity contribution < 1.29 is 27.5 Å². The zero-order chi connectivity index (χ0) is 20.7. The molecule has 5 rings (SSSR count). The van der Waals surface area contributed by atoms with Crippen molar-refractivity contribution in [3.05, 3.63) is 72.2 Å². The number of benzene rings is 2. The van der Waals surface area contributed by atoms with Gasteiger partial charge in [-0.05, 0) is 30.3 Å². The number of thiazole rings is 1. The Kier molecular flexibility index (Phi) is 4.59. The first-order valence-corrected chi connectivity index (χ1v) is 9.88. The molecule has 0 N–H and O–H groups in total. The van der Waals surface area contributed by atoms with Crippen LogP contribution in [0.4, 0.5) is 13.9 Å². The molecule has 6 nitrogen and oxygen atoms in total. The van der Waals surface area contributed by atoms with Crippen molar-refractivity contribution >= 4 is 32.6 Å². The molecule has 1 aliphatic heterocycles. The summed E-state index contributed by atoms with van der Waals surface area (Å²) in [6, 6.07) is 12.4. The maximum Gasteiger partial charge on any atom is 0.273 e. The zero-order valence-electron chi connectivity index (χ0n) is 15.4. The molecule has 9 heteroatoms. The number of aromatic nitrogens is 1. The van der Waals surface area contributed by atoms with Gasteiger partial charge in [0.1, 0.15) is 23.7 Å². The van der Waals surface area contributed by atoms with Gasteiger partial charge in [0.05, 0.1) is 17.5 Å². The highest BCUT2D eigenvalue weighted by Crippen LogP contribution is 2.35. The standard InChI is InChI=1S/C21H14F2N2O4S/c22-12-8-14(23)19-18(9-12)30-21(24-19)25(10-13-4-3-7-27-13)20(26)17-11-28-15-5-1-2-6-16(15)29-17/h1-9,17H,10-11H2. The molecule has 0 spiro atoms. The molecule has 1 atom stereocenters. The molecule has 2 aromatic heterocycles. The monoisotopic (exact) mass is 428 g/mol. The van der Waals surface area contributed by atoms with E-state index in [4.69, 9.17) is 13.9 Å². The SMILES string of the molecule is O=C(C1COc2ccccc2O1)N(Cc1ccco1)c1nc2c(F)cc(F)cc2s1. The number of para-hydroxylation sites is 2. The molecule has 0 fully saturated rings. The van der Waals surface area contributed by atoms with Gasteiger partial charge in [-0.2, -0.15) is 0 Å². The van der Waals surface area contributed by atoms with Gasteiger partial charge in [0, 0.05) is 6.07 Å². The Hall–Kier alpha value is -3.46. The number of carbonyl (C=O) groups is 1. The quantitative estimate of drug-likeness (QED) is 0.478. The van der Waals surface area contributed by atoms with Crippen LogP contribution in [0.3, 0.4) is 0 Å². The molecule has 0 bridgehead atoms. The third kappa shape index (κ3) is 3.37. The van der Waals surface area contributed by atoms with E-state index < -0.39 is 23.6 Å². The predicted molar refractivity (Wildman–Crippen MR) is 106 cm³/mol. The van der Waals surface area contributed by atoms with Crippen LogP contribution in [0.15, 0.2) is 59.2 Å². The van der Waals surface area contributed by atoms with Crippen LogP contribution in [0.5, 0.6) is 11.5 Å². The van der Waals surface area contributed by atoms with Crippen LogP contribution in [0.2, 0.25) is 0 Å². The minimum Gasteiger partial charge on any atom is -0.485 e. The number of carbonyl (C=O) groups excluding carboxylic acids is 1. The molecule has 2 aromatic carbocycles. The minimum absolute atomic E-state index is 0.000182. The average Bonchev–Trinajstić information content (AvgIpc) is 3.41. The third-order valence-electron chi connectivity index (χ3n) is 4.58. The molecule has 152 valence electrons. The summed E-state index contributed by atoms with van der Waals surface area (Å²) in [6.07, 6.45) is 0.561. The van der Waals surface area contributed by atoms with Crippen LogP contribution in [0, 0.1) is 11.6 Å². The van der Waals surface area contributed by atoms with E-state index in [-0.39, 0.29) is 23.8 Å². The number of anilines is 1. The highest BCUT2D eigenvalue weighted by atomic mass is 32.1. The first-order valence-electron chi connectivity index (χ1n) is 9.06. The summed E-state index contributed by atoms with van der Waals surface area (Å²) in [4.78, 5) is 18.9. The predicted octanol–water partition coefficient (Wildman–Crippen LogP) is 4.54. The molecule has 30 heavy (non-hydrogen) atoms. The van der Waals surface area contributed by atoms with Gasteiger partial charge in [-0.25, -0.2) is 13.8 Å². The Morgan fingerprint density at radius 2 is 2.00 bits per heavy atom. The normalized spacial score (nSPS) is 15.3. The number of rotatable bonds is 4. The smallest absolute Gasteiger partial charge is 0.273 e. The molecule has 0 saturated carbocycles. The lowest BCUT2D eigenvalue weighted by molar-refractivity contribution is -0.127. The van der Waals surface area contributed by atoms with Crippen molar-refractivity contribution in [1.82, 2.24) is 4.98 Å². The second kappa shape index (κ2) is 7.42. The molecule has 1 aliphatic rings. The van der Waals surface area contributed by atoms with E-state index >= 15 is 0 Å². The van der Waals surface area contributed by atoms with Crippen LogP contribution in [-0.4, -0.2) is 23.6 Å².